The number of nitrogens with zero attached hydrogens (tertiary/aromatic N) is 2. The second-order valence-electron chi connectivity index (χ2n) is 4.92. The van der Waals surface area contributed by atoms with E-state index in [-0.39, 0.29) is 5.91 Å². The maximum atomic E-state index is 12.8. The summed E-state index contributed by atoms with van der Waals surface area (Å²) in [4.78, 5) is 12.8. The molecule has 0 spiro atoms. The molecule has 0 fully saturated rings. The average molecular weight is 346 g/mol. The van der Waals surface area contributed by atoms with Crippen molar-refractivity contribution >= 4 is 34.8 Å². The summed E-state index contributed by atoms with van der Waals surface area (Å²) in [6.45, 7) is 0. The maximum Gasteiger partial charge on any atom is 0.253 e. The largest absolute Gasteiger partial charge is 0.324 e. The van der Waals surface area contributed by atoms with Crippen LogP contribution in [0.3, 0.4) is 0 Å². The van der Waals surface area contributed by atoms with Crippen molar-refractivity contribution in [3.05, 3.63) is 82.6 Å². The van der Waals surface area contributed by atoms with Gasteiger partial charge in [-0.3, -0.25) is 9.48 Å². The van der Waals surface area contributed by atoms with Crippen LogP contribution in [0.25, 0.3) is 0 Å². The van der Waals surface area contributed by atoms with Crippen LogP contribution in [0.1, 0.15) is 11.6 Å². The third kappa shape index (κ3) is 3.55. The van der Waals surface area contributed by atoms with E-state index in [9.17, 15) is 4.79 Å². The van der Waals surface area contributed by atoms with E-state index in [0.29, 0.717) is 15.7 Å². The Morgan fingerprint density at radius 2 is 1.83 bits per heavy atom. The number of hydrogen-bond acceptors (Lipinski definition) is 2. The van der Waals surface area contributed by atoms with E-state index < -0.39 is 6.04 Å². The molecular formula is C17H13Cl2N3O. The fraction of sp³-hybridized carbons (Fsp3) is 0.0588. The van der Waals surface area contributed by atoms with Crippen molar-refractivity contribution in [3.8, 4) is 0 Å². The van der Waals surface area contributed by atoms with E-state index in [1.807, 2.05) is 30.3 Å². The highest BCUT2D eigenvalue weighted by atomic mass is 35.5. The Hall–Kier alpha value is -2.30. The molecule has 1 aromatic heterocycles. The van der Waals surface area contributed by atoms with Gasteiger partial charge in [0.15, 0.2) is 6.04 Å². The van der Waals surface area contributed by atoms with E-state index in [1.165, 1.54) is 0 Å². The van der Waals surface area contributed by atoms with E-state index >= 15 is 0 Å². The number of anilines is 1. The number of nitrogens with one attached hydrogen (secondary N) is 1. The minimum Gasteiger partial charge on any atom is -0.324 e. The Labute approximate surface area is 143 Å². The molecule has 1 atom stereocenters. The summed E-state index contributed by atoms with van der Waals surface area (Å²) in [7, 11) is 0. The maximum absolute atomic E-state index is 12.8. The summed E-state index contributed by atoms with van der Waals surface area (Å²) in [6, 6.07) is 15.6. The fourth-order valence-electron chi connectivity index (χ4n) is 2.28. The van der Waals surface area contributed by atoms with Crippen molar-refractivity contribution in [2.45, 2.75) is 6.04 Å². The van der Waals surface area contributed by atoms with Gasteiger partial charge in [-0.05, 0) is 29.8 Å². The van der Waals surface area contributed by atoms with Crippen LogP contribution >= 0.6 is 23.2 Å². The Morgan fingerprint density at radius 1 is 1.04 bits per heavy atom. The quantitative estimate of drug-likeness (QED) is 0.760. The van der Waals surface area contributed by atoms with E-state index in [1.54, 1.807) is 41.3 Å². The summed E-state index contributed by atoms with van der Waals surface area (Å²) in [5.74, 6) is -0.210. The zero-order valence-corrected chi connectivity index (χ0v) is 13.5. The predicted octanol–water partition coefficient (Wildman–Crippen LogP) is 4.42. The molecule has 0 aliphatic heterocycles. The minimum absolute atomic E-state index is 0.210. The highest BCUT2D eigenvalue weighted by molar-refractivity contribution is 6.42. The SMILES string of the molecule is O=C(Nc1ccc(Cl)c(Cl)c1)C(c1ccccc1)n1cccn1. The van der Waals surface area contributed by atoms with Crippen molar-refractivity contribution in [2.75, 3.05) is 5.32 Å². The molecule has 2 aromatic carbocycles. The monoisotopic (exact) mass is 345 g/mol. The molecule has 6 heteroatoms. The lowest BCUT2D eigenvalue weighted by Gasteiger charge is -2.18. The van der Waals surface area contributed by atoms with Gasteiger partial charge in [-0.25, -0.2) is 0 Å². The standard InChI is InChI=1S/C17H13Cl2N3O/c18-14-8-7-13(11-15(14)19)21-17(23)16(22-10-4-9-20-22)12-5-2-1-3-6-12/h1-11,16H,(H,21,23). The van der Waals surface area contributed by atoms with Crippen LogP contribution in [-0.2, 0) is 4.79 Å². The average Bonchev–Trinajstić information content (AvgIpc) is 3.06. The molecule has 0 bridgehead atoms. The van der Waals surface area contributed by atoms with Gasteiger partial charge in [0.2, 0.25) is 0 Å². The normalized spacial score (nSPS) is 11.9. The van der Waals surface area contributed by atoms with Crippen molar-refractivity contribution in [1.82, 2.24) is 9.78 Å². The number of carbonyl (C=O) groups excluding carboxylic acids is 1. The van der Waals surface area contributed by atoms with Gasteiger partial charge in [0.05, 0.1) is 10.0 Å². The number of amides is 1. The van der Waals surface area contributed by atoms with Crippen LogP contribution in [0.5, 0.6) is 0 Å². The second-order valence-corrected chi connectivity index (χ2v) is 5.73. The molecule has 4 nitrogen and oxygen atoms in total. The molecule has 0 saturated heterocycles. The molecule has 1 amide bonds. The van der Waals surface area contributed by atoms with Gasteiger partial charge in [0.1, 0.15) is 0 Å². The van der Waals surface area contributed by atoms with Gasteiger partial charge in [0.25, 0.3) is 5.91 Å². The lowest BCUT2D eigenvalue weighted by Crippen LogP contribution is -2.27. The molecule has 0 saturated carbocycles. The number of halogens is 2. The number of rotatable bonds is 4. The van der Waals surface area contributed by atoms with Crippen LogP contribution in [0.4, 0.5) is 5.69 Å². The van der Waals surface area contributed by atoms with Crippen molar-refractivity contribution in [1.29, 1.82) is 0 Å². The Bertz CT molecular complexity index is 804. The highest BCUT2D eigenvalue weighted by Crippen LogP contribution is 2.26. The topological polar surface area (TPSA) is 46.9 Å². The molecule has 3 aromatic rings. The number of carbonyl (C=O) groups is 1. The van der Waals surface area contributed by atoms with Gasteiger partial charge < -0.3 is 5.32 Å². The predicted molar refractivity (Wildman–Crippen MR) is 91.9 cm³/mol. The van der Waals surface area contributed by atoms with Crippen LogP contribution in [-0.4, -0.2) is 15.7 Å². The van der Waals surface area contributed by atoms with E-state index in [4.69, 9.17) is 23.2 Å². The highest BCUT2D eigenvalue weighted by Gasteiger charge is 2.23. The third-order valence-electron chi connectivity index (χ3n) is 3.34. The molecule has 23 heavy (non-hydrogen) atoms. The molecule has 3 rings (SSSR count). The van der Waals surface area contributed by atoms with Crippen molar-refractivity contribution in [2.24, 2.45) is 0 Å². The Kier molecular flexibility index (Phi) is 4.65. The van der Waals surface area contributed by atoms with E-state index in [2.05, 4.69) is 10.4 Å². The summed E-state index contributed by atoms with van der Waals surface area (Å²) >= 11 is 11.9. The lowest BCUT2D eigenvalue weighted by molar-refractivity contribution is -0.118. The first kappa shape index (κ1) is 15.6. The minimum atomic E-state index is -0.569. The smallest absolute Gasteiger partial charge is 0.253 e. The molecule has 1 heterocycles. The first-order valence-corrected chi connectivity index (χ1v) is 7.71. The first-order chi connectivity index (χ1) is 11.1. The van der Waals surface area contributed by atoms with Crippen molar-refractivity contribution < 1.29 is 4.79 Å². The van der Waals surface area contributed by atoms with Gasteiger partial charge in [-0.2, -0.15) is 5.10 Å². The lowest BCUT2D eigenvalue weighted by atomic mass is 10.1. The summed E-state index contributed by atoms with van der Waals surface area (Å²) in [5, 5.41) is 7.88. The van der Waals surface area contributed by atoms with Gasteiger partial charge in [0, 0.05) is 18.1 Å². The van der Waals surface area contributed by atoms with Gasteiger partial charge in [-0.15, -0.1) is 0 Å². The van der Waals surface area contributed by atoms with Crippen LogP contribution in [0.15, 0.2) is 67.0 Å². The third-order valence-corrected chi connectivity index (χ3v) is 4.08. The first-order valence-electron chi connectivity index (χ1n) is 6.95. The molecule has 116 valence electrons. The molecule has 0 radical (unpaired) electrons. The summed E-state index contributed by atoms with van der Waals surface area (Å²) in [5.41, 5.74) is 1.42. The number of benzene rings is 2. The summed E-state index contributed by atoms with van der Waals surface area (Å²) < 4.78 is 1.61. The van der Waals surface area contributed by atoms with E-state index in [0.717, 1.165) is 5.56 Å². The Morgan fingerprint density at radius 3 is 2.48 bits per heavy atom. The molecule has 0 aliphatic carbocycles. The Balaban J connectivity index is 1.90. The van der Waals surface area contributed by atoms with Crippen molar-refractivity contribution in [3.63, 3.8) is 0 Å². The van der Waals surface area contributed by atoms with Gasteiger partial charge in [-0.1, -0.05) is 53.5 Å². The van der Waals surface area contributed by atoms with Crippen LogP contribution < -0.4 is 5.32 Å². The van der Waals surface area contributed by atoms with Crippen LogP contribution in [0, 0.1) is 0 Å². The molecule has 0 aliphatic rings. The zero-order chi connectivity index (χ0) is 16.2. The second kappa shape index (κ2) is 6.86. The number of aromatic nitrogens is 2. The fourth-order valence-corrected chi connectivity index (χ4v) is 2.58. The van der Waals surface area contributed by atoms with Crippen LogP contribution in [0.2, 0.25) is 10.0 Å². The molecule has 1 N–H and O–H groups in total. The van der Waals surface area contributed by atoms with Gasteiger partial charge >= 0.3 is 0 Å². The molecule has 1 unspecified atom stereocenters. The molecular weight excluding hydrogens is 333 g/mol. The summed E-state index contributed by atoms with van der Waals surface area (Å²) in [6.07, 6.45) is 3.40. The number of hydrogen-bond donors (Lipinski definition) is 1. The zero-order valence-electron chi connectivity index (χ0n) is 12.0.